The van der Waals surface area contributed by atoms with Crippen molar-refractivity contribution in [2.45, 2.75) is 43.9 Å². The highest BCUT2D eigenvalue weighted by atomic mass is 35.5. The Bertz CT molecular complexity index is 703. The predicted molar refractivity (Wildman–Crippen MR) is 75.6 cm³/mol. The van der Waals surface area contributed by atoms with Gasteiger partial charge in [0.2, 0.25) is 0 Å². The van der Waals surface area contributed by atoms with Crippen LogP contribution in [-0.2, 0) is 11.2 Å². The SMILES string of the molecule is Fc1cc(F)c2nc(CCCl)n(C3CC4CCC3O4)c2c1. The summed E-state index contributed by atoms with van der Waals surface area (Å²) in [7, 11) is 0. The molecule has 2 fully saturated rings. The highest BCUT2D eigenvalue weighted by Crippen LogP contribution is 2.43. The Hall–Kier alpha value is -1.20. The van der Waals surface area contributed by atoms with E-state index in [1.165, 1.54) is 6.07 Å². The predicted octanol–water partition coefficient (Wildman–Crippen LogP) is 3.59. The van der Waals surface area contributed by atoms with Crippen LogP contribution in [0.2, 0.25) is 0 Å². The van der Waals surface area contributed by atoms with Crippen LogP contribution in [0.4, 0.5) is 8.78 Å². The normalized spacial score (nSPS) is 27.9. The number of imidazole rings is 1. The van der Waals surface area contributed by atoms with Crippen molar-refractivity contribution in [3.05, 3.63) is 29.6 Å². The lowest BCUT2D eigenvalue weighted by molar-refractivity contribution is 0.0940. The van der Waals surface area contributed by atoms with Gasteiger partial charge in [0.15, 0.2) is 5.82 Å². The fourth-order valence-corrected chi connectivity index (χ4v) is 3.85. The van der Waals surface area contributed by atoms with Crippen LogP contribution in [0, 0.1) is 11.6 Å². The van der Waals surface area contributed by atoms with Crippen LogP contribution in [0.1, 0.15) is 31.1 Å². The summed E-state index contributed by atoms with van der Waals surface area (Å²) in [6.45, 7) is 0. The minimum absolute atomic E-state index is 0.105. The Balaban J connectivity index is 1.90. The van der Waals surface area contributed by atoms with E-state index in [9.17, 15) is 8.78 Å². The molecule has 2 aliphatic rings. The van der Waals surface area contributed by atoms with E-state index in [0.29, 0.717) is 23.6 Å². The lowest BCUT2D eigenvalue weighted by Crippen LogP contribution is -2.23. The molecule has 1 aromatic heterocycles. The largest absolute Gasteiger partial charge is 0.373 e. The van der Waals surface area contributed by atoms with Crippen molar-refractivity contribution in [1.82, 2.24) is 9.55 Å². The molecule has 0 amide bonds. The van der Waals surface area contributed by atoms with Crippen LogP contribution < -0.4 is 0 Å². The van der Waals surface area contributed by atoms with E-state index in [1.54, 1.807) is 0 Å². The van der Waals surface area contributed by atoms with Crippen molar-refractivity contribution in [3.63, 3.8) is 0 Å². The van der Waals surface area contributed by atoms with Crippen LogP contribution in [-0.4, -0.2) is 27.6 Å². The van der Waals surface area contributed by atoms with Gasteiger partial charge in [0.1, 0.15) is 17.2 Å². The fraction of sp³-hybridized carbons (Fsp3) is 0.533. The second kappa shape index (κ2) is 4.92. The highest BCUT2D eigenvalue weighted by Gasteiger charge is 2.43. The molecule has 3 unspecified atom stereocenters. The number of aromatic nitrogens is 2. The Morgan fingerprint density at radius 1 is 1.33 bits per heavy atom. The van der Waals surface area contributed by atoms with Crippen molar-refractivity contribution in [3.8, 4) is 0 Å². The molecule has 3 heterocycles. The smallest absolute Gasteiger partial charge is 0.153 e. The summed E-state index contributed by atoms with van der Waals surface area (Å²) in [6, 6.07) is 2.34. The van der Waals surface area contributed by atoms with Gasteiger partial charge in [-0.15, -0.1) is 11.6 Å². The number of hydrogen-bond acceptors (Lipinski definition) is 2. The molecule has 3 nitrogen and oxygen atoms in total. The second-order valence-corrected chi connectivity index (χ2v) is 6.15. The van der Waals surface area contributed by atoms with Gasteiger partial charge in [-0.3, -0.25) is 0 Å². The maximum Gasteiger partial charge on any atom is 0.153 e. The molecule has 2 saturated heterocycles. The third kappa shape index (κ3) is 2.06. The fourth-order valence-electron chi connectivity index (χ4n) is 3.68. The number of rotatable bonds is 3. The first-order valence-electron chi connectivity index (χ1n) is 7.24. The number of fused-ring (bicyclic) bond motifs is 3. The van der Waals surface area contributed by atoms with E-state index in [0.717, 1.165) is 25.3 Å². The lowest BCUT2D eigenvalue weighted by atomic mass is 9.95. The van der Waals surface area contributed by atoms with Crippen LogP contribution in [0.3, 0.4) is 0 Å². The summed E-state index contributed by atoms with van der Waals surface area (Å²) in [5.74, 6) is -0.0910. The summed E-state index contributed by atoms with van der Waals surface area (Å²) in [5, 5.41) is 0. The molecule has 3 atom stereocenters. The first-order chi connectivity index (χ1) is 10.2. The second-order valence-electron chi connectivity index (χ2n) is 5.77. The molecule has 2 aromatic rings. The van der Waals surface area contributed by atoms with Crippen molar-refractivity contribution in [1.29, 1.82) is 0 Å². The number of ether oxygens (including phenoxy) is 1. The zero-order valence-electron chi connectivity index (χ0n) is 11.4. The molecular weight excluding hydrogens is 298 g/mol. The van der Waals surface area contributed by atoms with E-state index < -0.39 is 11.6 Å². The van der Waals surface area contributed by atoms with Crippen LogP contribution in [0.15, 0.2) is 12.1 Å². The van der Waals surface area contributed by atoms with Gasteiger partial charge in [0, 0.05) is 18.4 Å². The van der Waals surface area contributed by atoms with E-state index in [1.807, 2.05) is 4.57 Å². The molecule has 0 radical (unpaired) electrons. The van der Waals surface area contributed by atoms with Crippen molar-refractivity contribution in [2.75, 3.05) is 5.88 Å². The first-order valence-corrected chi connectivity index (χ1v) is 7.78. The number of nitrogens with zero attached hydrogens (tertiary/aromatic N) is 2. The number of benzene rings is 1. The minimum Gasteiger partial charge on any atom is -0.373 e. The van der Waals surface area contributed by atoms with Crippen LogP contribution in [0.5, 0.6) is 0 Å². The van der Waals surface area contributed by atoms with Crippen LogP contribution in [0.25, 0.3) is 11.0 Å². The molecule has 0 saturated carbocycles. The summed E-state index contributed by atoms with van der Waals surface area (Å²) >= 11 is 5.84. The van der Waals surface area contributed by atoms with E-state index in [4.69, 9.17) is 16.3 Å². The van der Waals surface area contributed by atoms with Crippen molar-refractivity contribution < 1.29 is 13.5 Å². The van der Waals surface area contributed by atoms with E-state index >= 15 is 0 Å². The highest BCUT2D eigenvalue weighted by molar-refractivity contribution is 6.17. The summed E-state index contributed by atoms with van der Waals surface area (Å²) < 4.78 is 35.4. The first kappa shape index (κ1) is 13.5. The average Bonchev–Trinajstić information content (AvgIpc) is 3.12. The zero-order chi connectivity index (χ0) is 14.6. The van der Waals surface area contributed by atoms with Gasteiger partial charge in [0.05, 0.1) is 23.8 Å². The minimum atomic E-state index is -0.622. The van der Waals surface area contributed by atoms with Gasteiger partial charge >= 0.3 is 0 Å². The molecule has 0 N–H and O–H groups in total. The van der Waals surface area contributed by atoms with Gasteiger partial charge in [-0.2, -0.15) is 0 Å². The summed E-state index contributed by atoms with van der Waals surface area (Å²) in [6.07, 6.45) is 3.86. The molecule has 112 valence electrons. The Morgan fingerprint density at radius 3 is 2.86 bits per heavy atom. The quantitative estimate of drug-likeness (QED) is 0.810. The standard InChI is InChI=1S/C15H15ClF2N2O/c16-4-3-14-19-15-10(18)5-8(17)6-12(15)20(14)11-7-9-1-2-13(11)21-9/h5-6,9,11,13H,1-4,7H2. The molecular formula is C15H15ClF2N2O. The van der Waals surface area contributed by atoms with E-state index in [-0.39, 0.29) is 23.8 Å². The maximum absolute atomic E-state index is 14.0. The maximum atomic E-state index is 14.0. The van der Waals surface area contributed by atoms with Crippen LogP contribution >= 0.6 is 11.6 Å². The molecule has 1 aromatic carbocycles. The molecule has 6 heteroatoms. The number of alkyl halides is 1. The van der Waals surface area contributed by atoms with Gasteiger partial charge in [-0.1, -0.05) is 0 Å². The molecule has 4 rings (SSSR count). The Kier molecular flexibility index (Phi) is 3.15. The summed E-state index contributed by atoms with van der Waals surface area (Å²) in [4.78, 5) is 4.35. The Labute approximate surface area is 125 Å². The van der Waals surface area contributed by atoms with Crippen molar-refractivity contribution >= 4 is 22.6 Å². The average molecular weight is 313 g/mol. The molecule has 2 aliphatic heterocycles. The monoisotopic (exact) mass is 312 g/mol. The van der Waals surface area contributed by atoms with Gasteiger partial charge in [-0.25, -0.2) is 13.8 Å². The van der Waals surface area contributed by atoms with Gasteiger partial charge < -0.3 is 9.30 Å². The number of halogens is 3. The third-order valence-electron chi connectivity index (χ3n) is 4.51. The van der Waals surface area contributed by atoms with Gasteiger partial charge in [0.25, 0.3) is 0 Å². The summed E-state index contributed by atoms with van der Waals surface area (Å²) in [5.41, 5.74) is 0.730. The molecule has 2 bridgehead atoms. The van der Waals surface area contributed by atoms with Gasteiger partial charge in [-0.05, 0) is 25.3 Å². The third-order valence-corrected chi connectivity index (χ3v) is 4.70. The molecule has 0 spiro atoms. The number of hydrogen-bond donors (Lipinski definition) is 0. The molecule has 21 heavy (non-hydrogen) atoms. The number of aryl methyl sites for hydroxylation is 1. The lowest BCUT2D eigenvalue weighted by Gasteiger charge is -2.23. The molecule has 0 aliphatic carbocycles. The zero-order valence-corrected chi connectivity index (χ0v) is 12.1. The Morgan fingerprint density at radius 2 is 2.19 bits per heavy atom. The van der Waals surface area contributed by atoms with E-state index in [2.05, 4.69) is 4.98 Å². The van der Waals surface area contributed by atoms with Crippen molar-refractivity contribution in [2.24, 2.45) is 0 Å². The topological polar surface area (TPSA) is 27.1 Å².